The molecule has 8 nitrogen and oxygen atoms in total. The van der Waals surface area contributed by atoms with E-state index in [9.17, 15) is 0 Å². The van der Waals surface area contributed by atoms with E-state index < -0.39 is 0 Å². The summed E-state index contributed by atoms with van der Waals surface area (Å²) in [6.45, 7) is 0. The molecule has 0 saturated heterocycles. The molecule has 0 amide bonds. The third kappa shape index (κ3) is 9.41. The molecule has 4 N–H and O–H groups in total. The largest absolute Gasteiger partial charge is 0.266 e. The Labute approximate surface area is 247 Å². The van der Waals surface area contributed by atoms with Gasteiger partial charge in [0.05, 0.1) is 22.7 Å². The Bertz CT molecular complexity index is 1080. The first-order valence-corrected chi connectivity index (χ1v) is 11.6. The number of hydrogen-bond acceptors (Lipinski definition) is 6. The summed E-state index contributed by atoms with van der Waals surface area (Å²) in [7, 11) is 0. The van der Waals surface area contributed by atoms with Crippen LogP contribution in [0.5, 0.6) is 0 Å². The van der Waals surface area contributed by atoms with Gasteiger partial charge in [-0.15, -0.1) is 10.2 Å². The Morgan fingerprint density at radius 2 is 0.703 bits per heavy atom. The molecular formula is C26H24HgN8S2. The summed E-state index contributed by atoms with van der Waals surface area (Å²) in [6.07, 6.45) is 0. The minimum absolute atomic E-state index is 0. The summed E-state index contributed by atoms with van der Waals surface area (Å²) in [4.78, 5) is 0. The number of nitrogens with one attached hydrogen (secondary N) is 4. The monoisotopic (exact) mass is 714 g/mol. The number of thiocarbonyl (C=S) groups is 2. The molecule has 0 aliphatic rings. The molecule has 0 aliphatic carbocycles. The molecule has 0 unspecified atom stereocenters. The van der Waals surface area contributed by atoms with Crippen molar-refractivity contribution in [2.45, 2.75) is 0 Å². The molecule has 0 aliphatic heterocycles. The van der Waals surface area contributed by atoms with E-state index in [-0.39, 0.29) is 37.9 Å². The van der Waals surface area contributed by atoms with Crippen molar-refractivity contribution in [1.82, 2.24) is 10.9 Å². The average molecular weight is 713 g/mol. The standard InChI is InChI=1S/2C13H12N4S.Hg/c2*14-15-13(18)16-17(11-7-3-1-4-8-11)12-9-5-2-6-10-12;/h2*1-10,14H,(H,16,18);. The Hall–Kier alpha value is -3.60. The van der Waals surface area contributed by atoms with Crippen molar-refractivity contribution in [1.29, 1.82) is 11.1 Å². The quantitative estimate of drug-likeness (QED) is 0.0725. The van der Waals surface area contributed by atoms with Crippen LogP contribution in [0.1, 0.15) is 0 Å². The van der Waals surface area contributed by atoms with E-state index in [4.69, 9.17) is 35.5 Å². The van der Waals surface area contributed by atoms with Gasteiger partial charge in [0, 0.05) is 27.7 Å². The normalized spacial score (nSPS) is 9.30. The van der Waals surface area contributed by atoms with Gasteiger partial charge in [0.2, 0.25) is 10.2 Å². The molecule has 4 aromatic carbocycles. The van der Waals surface area contributed by atoms with Crippen molar-refractivity contribution >= 4 is 57.4 Å². The molecule has 0 saturated carbocycles. The third-order valence-corrected chi connectivity index (χ3v) is 5.04. The molecule has 11 heteroatoms. The van der Waals surface area contributed by atoms with Crippen molar-refractivity contribution in [3.8, 4) is 0 Å². The van der Waals surface area contributed by atoms with Crippen LogP contribution < -0.4 is 20.9 Å². The summed E-state index contributed by atoms with van der Waals surface area (Å²) in [5.41, 5.74) is 23.4. The predicted octanol–water partition coefficient (Wildman–Crippen LogP) is 7.29. The molecule has 0 fully saturated rings. The van der Waals surface area contributed by atoms with E-state index in [2.05, 4.69) is 21.1 Å². The van der Waals surface area contributed by atoms with Crippen molar-refractivity contribution in [3.63, 3.8) is 0 Å². The summed E-state index contributed by atoms with van der Waals surface area (Å²) >= 11 is 9.85. The van der Waals surface area contributed by atoms with E-state index in [1.807, 2.05) is 121 Å². The Morgan fingerprint density at radius 1 is 0.486 bits per heavy atom. The summed E-state index contributed by atoms with van der Waals surface area (Å²) < 4.78 is 0. The molecule has 4 aromatic rings. The van der Waals surface area contributed by atoms with Gasteiger partial charge in [0.15, 0.2) is 0 Å². The third-order valence-electron chi connectivity index (χ3n) is 4.68. The number of anilines is 4. The Kier molecular flexibility index (Phi) is 13.0. The Balaban J connectivity index is 0.000000253. The van der Waals surface area contributed by atoms with Gasteiger partial charge in [-0.2, -0.15) is 0 Å². The number of benzene rings is 4. The average Bonchev–Trinajstić information content (AvgIpc) is 2.96. The van der Waals surface area contributed by atoms with Gasteiger partial charge in [-0.25, -0.2) is 11.1 Å². The number of rotatable bonds is 6. The van der Waals surface area contributed by atoms with Crippen LogP contribution in [0, 0.1) is 11.1 Å². The summed E-state index contributed by atoms with van der Waals surface area (Å²) in [5.74, 6) is 0. The van der Waals surface area contributed by atoms with Crippen LogP contribution in [-0.2, 0) is 27.7 Å². The van der Waals surface area contributed by atoms with E-state index >= 15 is 0 Å². The van der Waals surface area contributed by atoms with Gasteiger partial charge in [-0.3, -0.25) is 20.9 Å². The van der Waals surface area contributed by atoms with Crippen LogP contribution in [0.2, 0.25) is 0 Å². The molecule has 0 spiro atoms. The smallest absolute Gasteiger partial charge is 0.232 e. The van der Waals surface area contributed by atoms with E-state index in [0.717, 1.165) is 22.7 Å². The van der Waals surface area contributed by atoms with Gasteiger partial charge in [-0.1, -0.05) is 72.8 Å². The molecule has 182 valence electrons. The van der Waals surface area contributed by atoms with Crippen LogP contribution in [0.15, 0.2) is 132 Å². The molecule has 0 bridgehead atoms. The summed E-state index contributed by atoms with van der Waals surface area (Å²) in [5, 5.41) is 10.2. The molecule has 0 aromatic heterocycles. The second-order valence-electron chi connectivity index (χ2n) is 7.07. The van der Waals surface area contributed by atoms with Crippen molar-refractivity contribution in [2.75, 3.05) is 10.0 Å². The topological polar surface area (TPSA) is 103 Å². The van der Waals surface area contributed by atoms with Crippen LogP contribution >= 0.6 is 24.4 Å². The zero-order chi connectivity index (χ0) is 25.6. The minimum Gasteiger partial charge on any atom is -0.266 e. The predicted molar refractivity (Wildman–Crippen MR) is 152 cm³/mol. The molecular weight excluding hydrogens is 689 g/mol. The first kappa shape index (κ1) is 29.6. The van der Waals surface area contributed by atoms with Gasteiger partial charge in [0.1, 0.15) is 0 Å². The SMILES string of the molecule is N=NC(=S)NN(c1ccccc1)c1ccccc1.N=NC(=S)NN(c1ccccc1)c1ccccc1.[Hg]. The second kappa shape index (κ2) is 16.2. The fourth-order valence-corrected chi connectivity index (χ4v) is 3.29. The van der Waals surface area contributed by atoms with Crippen LogP contribution in [-0.4, -0.2) is 10.2 Å². The van der Waals surface area contributed by atoms with Crippen LogP contribution in [0.25, 0.3) is 0 Å². The van der Waals surface area contributed by atoms with Gasteiger partial charge in [-0.05, 0) is 73.0 Å². The second-order valence-corrected chi connectivity index (χ2v) is 7.84. The van der Waals surface area contributed by atoms with Crippen molar-refractivity contribution < 1.29 is 27.7 Å². The maximum Gasteiger partial charge on any atom is 0.232 e. The first-order valence-electron chi connectivity index (χ1n) is 10.8. The summed E-state index contributed by atoms with van der Waals surface area (Å²) in [6, 6.07) is 38.9. The van der Waals surface area contributed by atoms with Gasteiger partial charge >= 0.3 is 0 Å². The fraction of sp³-hybridized carbons (Fsp3) is 0. The zero-order valence-corrected chi connectivity index (χ0v) is 27.0. The number of para-hydroxylation sites is 4. The molecule has 0 atom stereocenters. The number of hydrazine groups is 2. The maximum absolute atomic E-state index is 6.92. The van der Waals surface area contributed by atoms with E-state index in [1.165, 1.54) is 0 Å². The van der Waals surface area contributed by atoms with E-state index in [1.54, 1.807) is 10.0 Å². The molecule has 0 heterocycles. The van der Waals surface area contributed by atoms with Crippen molar-refractivity contribution in [2.24, 2.45) is 10.2 Å². The van der Waals surface area contributed by atoms with Gasteiger partial charge < -0.3 is 0 Å². The minimum atomic E-state index is 0. The van der Waals surface area contributed by atoms with Crippen LogP contribution in [0.3, 0.4) is 0 Å². The molecule has 0 radical (unpaired) electrons. The fourth-order valence-electron chi connectivity index (χ4n) is 3.11. The maximum atomic E-state index is 6.92. The first-order chi connectivity index (χ1) is 17.6. The Morgan fingerprint density at radius 3 is 0.892 bits per heavy atom. The van der Waals surface area contributed by atoms with Crippen molar-refractivity contribution in [3.05, 3.63) is 121 Å². The number of hydrogen-bond donors (Lipinski definition) is 4. The van der Waals surface area contributed by atoms with Gasteiger partial charge in [0.25, 0.3) is 0 Å². The molecule has 37 heavy (non-hydrogen) atoms. The van der Waals surface area contributed by atoms with E-state index in [0.29, 0.717) is 0 Å². The number of nitrogens with zero attached hydrogens (tertiary/aromatic N) is 4. The molecule has 4 rings (SSSR count). The van der Waals surface area contributed by atoms with Crippen LogP contribution in [0.4, 0.5) is 22.7 Å². The zero-order valence-electron chi connectivity index (χ0n) is 19.9.